The van der Waals surface area contributed by atoms with Crippen molar-refractivity contribution in [3.63, 3.8) is 0 Å². The van der Waals surface area contributed by atoms with E-state index in [4.69, 9.17) is 0 Å². The zero-order valence-electron chi connectivity index (χ0n) is 12.4. The second-order valence-electron chi connectivity index (χ2n) is 5.42. The zero-order chi connectivity index (χ0) is 16.0. The molecule has 0 saturated heterocycles. The number of carbonyl (C=O) groups excluding carboxylic acids is 1. The highest BCUT2D eigenvalue weighted by atomic mass is 32.1. The SMILES string of the molecule is Cc1cc2c(=O)n(CC(=O)c3c[nH]c4ccccc34)cnc2s1. The number of ketones is 1. The van der Waals surface area contributed by atoms with E-state index < -0.39 is 0 Å². The maximum absolute atomic E-state index is 12.6. The number of H-pyrrole nitrogens is 1. The summed E-state index contributed by atoms with van der Waals surface area (Å²) in [6.45, 7) is 1.92. The molecule has 0 bridgehead atoms. The molecule has 0 radical (unpaired) electrons. The summed E-state index contributed by atoms with van der Waals surface area (Å²) in [5, 5.41) is 1.44. The van der Waals surface area contributed by atoms with E-state index in [1.807, 2.05) is 37.3 Å². The molecule has 4 aromatic rings. The lowest BCUT2D eigenvalue weighted by Gasteiger charge is -2.04. The predicted molar refractivity (Wildman–Crippen MR) is 91.2 cm³/mol. The van der Waals surface area contributed by atoms with E-state index in [2.05, 4.69) is 9.97 Å². The molecule has 23 heavy (non-hydrogen) atoms. The van der Waals surface area contributed by atoms with Gasteiger partial charge < -0.3 is 4.98 Å². The highest BCUT2D eigenvalue weighted by molar-refractivity contribution is 7.18. The van der Waals surface area contributed by atoms with Gasteiger partial charge in [-0.3, -0.25) is 14.2 Å². The Bertz CT molecular complexity index is 1100. The molecular formula is C17H13N3O2S. The van der Waals surface area contributed by atoms with Crippen molar-refractivity contribution in [3.05, 3.63) is 63.7 Å². The minimum Gasteiger partial charge on any atom is -0.360 e. The lowest BCUT2D eigenvalue weighted by Crippen LogP contribution is -2.24. The van der Waals surface area contributed by atoms with Gasteiger partial charge in [0, 0.05) is 27.5 Å². The third kappa shape index (κ3) is 2.27. The maximum atomic E-state index is 12.6. The van der Waals surface area contributed by atoms with Crippen LogP contribution < -0.4 is 5.56 Å². The van der Waals surface area contributed by atoms with Gasteiger partial charge in [0.25, 0.3) is 5.56 Å². The average Bonchev–Trinajstić information content (AvgIpc) is 3.13. The fourth-order valence-electron chi connectivity index (χ4n) is 2.74. The number of carbonyl (C=O) groups is 1. The van der Waals surface area contributed by atoms with Crippen molar-refractivity contribution < 1.29 is 4.79 Å². The first kappa shape index (κ1) is 13.9. The van der Waals surface area contributed by atoms with Crippen LogP contribution in [-0.4, -0.2) is 20.3 Å². The maximum Gasteiger partial charge on any atom is 0.262 e. The molecule has 0 atom stereocenters. The van der Waals surface area contributed by atoms with Crippen molar-refractivity contribution in [3.8, 4) is 0 Å². The number of aromatic nitrogens is 3. The Kier molecular flexibility index (Phi) is 3.12. The Morgan fingerprint density at radius 2 is 2.13 bits per heavy atom. The lowest BCUT2D eigenvalue weighted by molar-refractivity contribution is 0.0972. The molecule has 0 unspecified atom stereocenters. The molecule has 0 aliphatic heterocycles. The fraction of sp³-hybridized carbons (Fsp3) is 0.118. The number of hydrogen-bond donors (Lipinski definition) is 1. The number of aromatic amines is 1. The van der Waals surface area contributed by atoms with E-state index >= 15 is 0 Å². The summed E-state index contributed by atoms with van der Waals surface area (Å²) in [4.78, 5) is 34.2. The minimum absolute atomic E-state index is 0.0154. The van der Waals surface area contributed by atoms with Gasteiger partial charge in [-0.25, -0.2) is 4.98 Å². The summed E-state index contributed by atoms with van der Waals surface area (Å²) in [7, 11) is 0. The van der Waals surface area contributed by atoms with Crippen LogP contribution in [0.25, 0.3) is 21.1 Å². The standard InChI is InChI=1S/C17H13N3O2S/c1-10-6-12-16(23-10)19-9-20(17(12)22)8-15(21)13-7-18-14-5-3-2-4-11(13)14/h2-7,9,18H,8H2,1H3. The molecule has 6 heteroatoms. The molecule has 0 amide bonds. The van der Waals surface area contributed by atoms with Crippen molar-refractivity contribution in [2.24, 2.45) is 0 Å². The van der Waals surface area contributed by atoms with Crippen molar-refractivity contribution in [2.45, 2.75) is 13.5 Å². The highest BCUT2D eigenvalue weighted by Gasteiger charge is 2.14. The number of hydrogen-bond acceptors (Lipinski definition) is 4. The number of Topliss-reactive ketones (excluding diaryl/α,β-unsaturated/α-hetero) is 1. The van der Waals surface area contributed by atoms with Gasteiger partial charge >= 0.3 is 0 Å². The summed E-state index contributed by atoms with van der Waals surface area (Å²) in [5.41, 5.74) is 1.33. The van der Waals surface area contributed by atoms with Gasteiger partial charge in [0.2, 0.25) is 0 Å². The molecule has 0 aliphatic rings. The fourth-order valence-corrected chi connectivity index (χ4v) is 3.57. The molecule has 4 rings (SSSR count). The predicted octanol–water partition coefficient (Wildman–Crippen LogP) is 3.13. The third-order valence-corrected chi connectivity index (χ3v) is 4.80. The Hall–Kier alpha value is -2.73. The second-order valence-corrected chi connectivity index (χ2v) is 6.66. The van der Waals surface area contributed by atoms with E-state index in [1.54, 1.807) is 6.20 Å². The number of nitrogens with one attached hydrogen (secondary N) is 1. The molecule has 0 aliphatic carbocycles. The number of nitrogens with zero attached hydrogens (tertiary/aromatic N) is 2. The van der Waals surface area contributed by atoms with Crippen molar-refractivity contribution in [2.75, 3.05) is 0 Å². The monoisotopic (exact) mass is 323 g/mol. The molecule has 0 spiro atoms. The van der Waals surface area contributed by atoms with Crippen LogP contribution in [0.5, 0.6) is 0 Å². The Morgan fingerprint density at radius 1 is 1.30 bits per heavy atom. The van der Waals surface area contributed by atoms with Crippen molar-refractivity contribution >= 4 is 38.2 Å². The smallest absolute Gasteiger partial charge is 0.262 e. The third-order valence-electron chi connectivity index (χ3n) is 3.84. The second kappa shape index (κ2) is 5.17. The summed E-state index contributed by atoms with van der Waals surface area (Å²) in [6.07, 6.45) is 3.14. The van der Waals surface area contributed by atoms with Crippen LogP contribution in [-0.2, 0) is 6.54 Å². The van der Waals surface area contributed by atoms with Crippen LogP contribution in [0.3, 0.4) is 0 Å². The van der Waals surface area contributed by atoms with E-state index in [0.717, 1.165) is 15.8 Å². The van der Waals surface area contributed by atoms with Crippen molar-refractivity contribution in [1.29, 1.82) is 0 Å². The lowest BCUT2D eigenvalue weighted by atomic mass is 10.1. The molecule has 3 heterocycles. The van der Waals surface area contributed by atoms with Crippen LogP contribution in [0.15, 0.2) is 47.7 Å². The Labute approximate surface area is 135 Å². The largest absolute Gasteiger partial charge is 0.360 e. The molecule has 114 valence electrons. The topological polar surface area (TPSA) is 67.8 Å². The van der Waals surface area contributed by atoms with E-state index in [1.165, 1.54) is 22.2 Å². The first-order valence-electron chi connectivity index (χ1n) is 7.18. The number of benzene rings is 1. The quantitative estimate of drug-likeness (QED) is 0.589. The van der Waals surface area contributed by atoms with Gasteiger partial charge in [0.15, 0.2) is 5.78 Å². The molecule has 5 nitrogen and oxygen atoms in total. The first-order valence-corrected chi connectivity index (χ1v) is 8.00. The number of para-hydroxylation sites is 1. The molecule has 1 aromatic carbocycles. The Balaban J connectivity index is 1.74. The van der Waals surface area contributed by atoms with Crippen LogP contribution in [0.1, 0.15) is 15.2 Å². The highest BCUT2D eigenvalue weighted by Crippen LogP contribution is 2.20. The summed E-state index contributed by atoms with van der Waals surface area (Å²) >= 11 is 1.48. The van der Waals surface area contributed by atoms with Gasteiger partial charge in [0.1, 0.15) is 4.83 Å². The van der Waals surface area contributed by atoms with Gasteiger partial charge in [-0.15, -0.1) is 11.3 Å². The molecule has 0 saturated carbocycles. The summed E-state index contributed by atoms with van der Waals surface area (Å²) in [6, 6.07) is 9.43. The van der Waals surface area contributed by atoms with Crippen LogP contribution >= 0.6 is 11.3 Å². The minimum atomic E-state index is -0.174. The summed E-state index contributed by atoms with van der Waals surface area (Å²) in [5.74, 6) is -0.113. The van der Waals surface area contributed by atoms with E-state index in [0.29, 0.717) is 15.8 Å². The molecule has 3 aromatic heterocycles. The van der Waals surface area contributed by atoms with Crippen LogP contribution in [0, 0.1) is 6.92 Å². The zero-order valence-corrected chi connectivity index (χ0v) is 13.2. The molecular weight excluding hydrogens is 310 g/mol. The van der Waals surface area contributed by atoms with Gasteiger partial charge in [-0.1, -0.05) is 18.2 Å². The first-order chi connectivity index (χ1) is 11.1. The number of rotatable bonds is 3. The van der Waals surface area contributed by atoms with Gasteiger partial charge in [-0.2, -0.15) is 0 Å². The van der Waals surface area contributed by atoms with E-state index in [9.17, 15) is 9.59 Å². The molecule has 1 N–H and O–H groups in total. The average molecular weight is 323 g/mol. The van der Waals surface area contributed by atoms with Gasteiger partial charge in [0.05, 0.1) is 18.3 Å². The van der Waals surface area contributed by atoms with E-state index in [-0.39, 0.29) is 17.9 Å². The Morgan fingerprint density at radius 3 is 3.00 bits per heavy atom. The number of fused-ring (bicyclic) bond motifs is 2. The molecule has 0 fully saturated rings. The normalized spacial score (nSPS) is 11.3. The van der Waals surface area contributed by atoms with Crippen LogP contribution in [0.2, 0.25) is 0 Å². The van der Waals surface area contributed by atoms with Crippen LogP contribution in [0.4, 0.5) is 0 Å². The van der Waals surface area contributed by atoms with Gasteiger partial charge in [-0.05, 0) is 19.1 Å². The van der Waals surface area contributed by atoms with Crippen molar-refractivity contribution in [1.82, 2.24) is 14.5 Å². The number of aryl methyl sites for hydroxylation is 1. The summed E-state index contributed by atoms with van der Waals surface area (Å²) < 4.78 is 1.37. The number of thiophene rings is 1.